The Balaban J connectivity index is 1.87. The molecular weight excluding hydrogens is 419 g/mol. The highest BCUT2D eigenvalue weighted by molar-refractivity contribution is 5.98. The number of hydrogen-bond donors (Lipinski definition) is 2. The van der Waals surface area contributed by atoms with Crippen LogP contribution in [0.5, 0.6) is 0 Å². The summed E-state index contributed by atoms with van der Waals surface area (Å²) in [6.07, 6.45) is 0.544. The Labute approximate surface area is 195 Å². The van der Waals surface area contributed by atoms with E-state index in [2.05, 4.69) is 43.1 Å². The molecule has 0 aliphatic carbocycles. The average molecular weight is 455 g/mol. The molecular formula is C26H35FN4O2. The van der Waals surface area contributed by atoms with E-state index in [0.29, 0.717) is 37.5 Å². The van der Waals surface area contributed by atoms with E-state index in [-0.39, 0.29) is 17.9 Å². The number of nitrogens with one attached hydrogen (secondary N) is 1. The molecule has 0 saturated carbocycles. The minimum atomic E-state index is -0.592. The smallest absolute Gasteiger partial charge is 0.254 e. The third kappa shape index (κ3) is 6.39. The number of rotatable bonds is 9. The number of carbonyl (C=O) groups is 2. The lowest BCUT2D eigenvalue weighted by Gasteiger charge is -2.31. The van der Waals surface area contributed by atoms with Crippen LogP contribution in [0.1, 0.15) is 41.8 Å². The first kappa shape index (κ1) is 24.9. The van der Waals surface area contributed by atoms with Gasteiger partial charge in [-0.15, -0.1) is 0 Å². The summed E-state index contributed by atoms with van der Waals surface area (Å²) in [5, 5.41) is 2.84. The van der Waals surface area contributed by atoms with E-state index >= 15 is 0 Å². The molecule has 1 aliphatic rings. The van der Waals surface area contributed by atoms with Crippen LogP contribution in [0.3, 0.4) is 0 Å². The van der Waals surface area contributed by atoms with Crippen LogP contribution in [0.2, 0.25) is 0 Å². The standard InChI is InChI=1S/C26H35FN4O2/c1-18(2)15-30(16-21-7-5-4-6-19(21)3)23-14-24(25(32)29-13-12-28)31(17-23)26(33)20-8-10-22(27)11-9-20/h4-11,18,23-24H,12-17,28H2,1-3H3,(H,29,32). The number of likely N-dealkylation sites (tertiary alicyclic amines) is 1. The van der Waals surface area contributed by atoms with Crippen molar-refractivity contribution < 1.29 is 14.0 Å². The highest BCUT2D eigenvalue weighted by Crippen LogP contribution is 2.27. The number of carbonyl (C=O) groups excluding carboxylic acids is 2. The van der Waals surface area contributed by atoms with Crippen molar-refractivity contribution in [2.24, 2.45) is 11.7 Å². The maximum atomic E-state index is 13.4. The van der Waals surface area contributed by atoms with E-state index in [4.69, 9.17) is 5.73 Å². The summed E-state index contributed by atoms with van der Waals surface area (Å²) in [5.41, 5.74) is 8.41. The van der Waals surface area contributed by atoms with E-state index in [1.807, 2.05) is 12.1 Å². The van der Waals surface area contributed by atoms with Crippen LogP contribution in [0, 0.1) is 18.7 Å². The van der Waals surface area contributed by atoms with Gasteiger partial charge in [0.2, 0.25) is 5.91 Å². The first-order valence-corrected chi connectivity index (χ1v) is 11.6. The van der Waals surface area contributed by atoms with E-state index in [1.165, 1.54) is 35.4 Å². The molecule has 33 heavy (non-hydrogen) atoms. The van der Waals surface area contributed by atoms with Crippen molar-refractivity contribution in [2.45, 2.75) is 45.8 Å². The molecule has 2 unspecified atom stereocenters. The van der Waals surface area contributed by atoms with Crippen molar-refractivity contribution >= 4 is 11.8 Å². The zero-order valence-electron chi connectivity index (χ0n) is 19.8. The SMILES string of the molecule is Cc1ccccc1CN(CC(C)C)C1CC(C(=O)NCCN)N(C(=O)c2ccc(F)cc2)C1. The van der Waals surface area contributed by atoms with Crippen LogP contribution >= 0.6 is 0 Å². The Kier molecular flexibility index (Phi) is 8.58. The van der Waals surface area contributed by atoms with Crippen molar-refractivity contribution in [3.05, 3.63) is 71.0 Å². The van der Waals surface area contributed by atoms with Gasteiger partial charge >= 0.3 is 0 Å². The van der Waals surface area contributed by atoms with Crippen molar-refractivity contribution in [1.82, 2.24) is 15.1 Å². The first-order valence-electron chi connectivity index (χ1n) is 11.6. The second kappa shape index (κ2) is 11.4. The summed E-state index contributed by atoms with van der Waals surface area (Å²) in [7, 11) is 0. The fourth-order valence-electron chi connectivity index (χ4n) is 4.44. The zero-order valence-corrected chi connectivity index (χ0v) is 19.8. The van der Waals surface area contributed by atoms with Crippen molar-refractivity contribution in [3.8, 4) is 0 Å². The van der Waals surface area contributed by atoms with Crippen LogP contribution in [0.4, 0.5) is 4.39 Å². The molecule has 0 aromatic heterocycles. The summed E-state index contributed by atoms with van der Waals surface area (Å²) in [5.74, 6) is -0.422. The number of nitrogens with two attached hydrogens (primary N) is 1. The molecule has 178 valence electrons. The molecule has 1 fully saturated rings. The summed E-state index contributed by atoms with van der Waals surface area (Å²) < 4.78 is 13.4. The summed E-state index contributed by atoms with van der Waals surface area (Å²) in [4.78, 5) is 30.3. The predicted octanol–water partition coefficient (Wildman–Crippen LogP) is 2.95. The molecule has 1 heterocycles. The minimum Gasteiger partial charge on any atom is -0.353 e. The number of aryl methyl sites for hydroxylation is 1. The zero-order chi connectivity index (χ0) is 24.0. The maximum absolute atomic E-state index is 13.4. The average Bonchev–Trinajstić information content (AvgIpc) is 3.24. The molecule has 2 amide bonds. The van der Waals surface area contributed by atoms with Gasteiger partial charge in [-0.2, -0.15) is 0 Å². The van der Waals surface area contributed by atoms with E-state index < -0.39 is 11.9 Å². The predicted molar refractivity (Wildman–Crippen MR) is 128 cm³/mol. The monoisotopic (exact) mass is 454 g/mol. The van der Waals surface area contributed by atoms with Crippen LogP contribution < -0.4 is 11.1 Å². The number of amides is 2. The highest BCUT2D eigenvalue weighted by atomic mass is 19.1. The van der Waals surface area contributed by atoms with Gasteiger partial charge < -0.3 is 16.0 Å². The summed E-state index contributed by atoms with van der Waals surface area (Å²) in [6, 6.07) is 13.2. The Morgan fingerprint density at radius 2 is 1.88 bits per heavy atom. The topological polar surface area (TPSA) is 78.7 Å². The molecule has 0 radical (unpaired) electrons. The largest absolute Gasteiger partial charge is 0.353 e. The van der Waals surface area contributed by atoms with Gasteiger partial charge in [0.1, 0.15) is 11.9 Å². The fraction of sp³-hybridized carbons (Fsp3) is 0.462. The number of hydrogen-bond acceptors (Lipinski definition) is 4. The van der Waals surface area contributed by atoms with Gasteiger partial charge in [-0.3, -0.25) is 14.5 Å². The van der Waals surface area contributed by atoms with Crippen LogP contribution in [-0.4, -0.2) is 59.9 Å². The lowest BCUT2D eigenvalue weighted by Crippen LogP contribution is -2.47. The Morgan fingerprint density at radius 1 is 1.18 bits per heavy atom. The summed E-state index contributed by atoms with van der Waals surface area (Å²) >= 11 is 0. The minimum absolute atomic E-state index is 0.0324. The molecule has 0 spiro atoms. The second-order valence-corrected chi connectivity index (χ2v) is 9.20. The molecule has 2 aromatic carbocycles. The Bertz CT molecular complexity index is 948. The quantitative estimate of drug-likeness (QED) is 0.611. The van der Waals surface area contributed by atoms with Crippen LogP contribution in [0.15, 0.2) is 48.5 Å². The lowest BCUT2D eigenvalue weighted by molar-refractivity contribution is -0.124. The molecule has 1 saturated heterocycles. The first-order chi connectivity index (χ1) is 15.8. The van der Waals surface area contributed by atoms with E-state index in [9.17, 15) is 14.0 Å². The van der Waals surface area contributed by atoms with Gasteiger partial charge in [0.05, 0.1) is 0 Å². The molecule has 0 bridgehead atoms. The highest BCUT2D eigenvalue weighted by Gasteiger charge is 2.42. The number of halogens is 1. The van der Waals surface area contributed by atoms with Gasteiger partial charge in [0, 0.05) is 44.3 Å². The number of benzene rings is 2. The van der Waals surface area contributed by atoms with E-state index in [1.54, 1.807) is 4.90 Å². The normalized spacial score (nSPS) is 18.2. The maximum Gasteiger partial charge on any atom is 0.254 e. The number of nitrogens with zero attached hydrogens (tertiary/aromatic N) is 2. The van der Waals surface area contributed by atoms with Gasteiger partial charge in [0.25, 0.3) is 5.91 Å². The van der Waals surface area contributed by atoms with E-state index in [0.717, 1.165) is 13.1 Å². The lowest BCUT2D eigenvalue weighted by atomic mass is 10.0. The molecule has 6 nitrogen and oxygen atoms in total. The summed E-state index contributed by atoms with van der Waals surface area (Å²) in [6.45, 7) is 9.19. The van der Waals surface area contributed by atoms with Crippen LogP contribution in [-0.2, 0) is 11.3 Å². The molecule has 2 atom stereocenters. The molecule has 3 rings (SSSR count). The third-order valence-electron chi connectivity index (χ3n) is 6.13. The fourth-order valence-corrected chi connectivity index (χ4v) is 4.44. The molecule has 1 aliphatic heterocycles. The van der Waals surface area contributed by atoms with Crippen molar-refractivity contribution in [1.29, 1.82) is 0 Å². The second-order valence-electron chi connectivity index (χ2n) is 9.20. The Hall–Kier alpha value is -2.77. The molecule has 2 aromatic rings. The van der Waals surface area contributed by atoms with Crippen molar-refractivity contribution in [2.75, 3.05) is 26.2 Å². The van der Waals surface area contributed by atoms with Crippen molar-refractivity contribution in [3.63, 3.8) is 0 Å². The van der Waals surface area contributed by atoms with Gasteiger partial charge in [0.15, 0.2) is 0 Å². The van der Waals surface area contributed by atoms with Gasteiger partial charge in [-0.25, -0.2) is 4.39 Å². The van der Waals surface area contributed by atoms with Crippen LogP contribution in [0.25, 0.3) is 0 Å². The Morgan fingerprint density at radius 3 is 2.52 bits per heavy atom. The van der Waals surface area contributed by atoms with Gasteiger partial charge in [-0.05, 0) is 54.7 Å². The molecule has 7 heteroatoms. The van der Waals surface area contributed by atoms with Gasteiger partial charge in [-0.1, -0.05) is 38.1 Å². The molecule has 3 N–H and O–H groups in total. The third-order valence-corrected chi connectivity index (χ3v) is 6.13.